The summed E-state index contributed by atoms with van der Waals surface area (Å²) in [5, 5.41) is 34.4. The van der Waals surface area contributed by atoms with Gasteiger partial charge in [-0.2, -0.15) is 5.26 Å². The van der Waals surface area contributed by atoms with Gasteiger partial charge in [-0.05, 0) is 48.0 Å². The van der Waals surface area contributed by atoms with Crippen LogP contribution in [0.15, 0.2) is 42.5 Å². The van der Waals surface area contributed by atoms with E-state index in [0.717, 1.165) is 4.90 Å². The van der Waals surface area contributed by atoms with Crippen molar-refractivity contribution in [1.29, 1.82) is 5.26 Å². The second kappa shape index (κ2) is 9.57. The third kappa shape index (κ3) is 5.00. The second-order valence-corrected chi connectivity index (χ2v) is 7.19. The predicted molar refractivity (Wildman–Crippen MR) is 114 cm³/mol. The van der Waals surface area contributed by atoms with Crippen LogP contribution in [0, 0.1) is 11.3 Å². The maximum atomic E-state index is 12.8. The van der Waals surface area contributed by atoms with E-state index in [0.29, 0.717) is 22.5 Å². The van der Waals surface area contributed by atoms with Gasteiger partial charge in [0.2, 0.25) is 5.91 Å². The van der Waals surface area contributed by atoms with Gasteiger partial charge in [-0.3, -0.25) is 14.4 Å². The number of hydrogen-bond acceptors (Lipinski definition) is 6. The van der Waals surface area contributed by atoms with Crippen molar-refractivity contribution in [2.45, 2.75) is 18.6 Å². The summed E-state index contributed by atoms with van der Waals surface area (Å²) < 4.78 is 0. The molecule has 0 unspecified atom stereocenters. The summed E-state index contributed by atoms with van der Waals surface area (Å²) in [7, 11) is 0. The summed E-state index contributed by atoms with van der Waals surface area (Å²) >= 11 is 5.80. The molecule has 0 saturated carbocycles. The van der Waals surface area contributed by atoms with Gasteiger partial charge in [0.1, 0.15) is 0 Å². The van der Waals surface area contributed by atoms with Crippen LogP contribution in [0.1, 0.15) is 11.1 Å². The Morgan fingerprint density at radius 2 is 1.90 bits per heavy atom. The SMILES string of the molecule is N#Cc1ccc(NC(=O)[C@H](O)[C@@H](O)C(=O)N(CCCl)c2ccc3c(c2)CC(=O)N3)cc1. The highest BCUT2D eigenvalue weighted by molar-refractivity contribution is 6.18. The fourth-order valence-corrected chi connectivity index (χ4v) is 3.29. The fourth-order valence-electron chi connectivity index (χ4n) is 3.12. The molecule has 3 rings (SSSR count). The number of aliphatic hydroxyl groups is 2. The number of halogens is 1. The predicted octanol–water partition coefficient (Wildman–Crippen LogP) is 0.985. The van der Waals surface area contributed by atoms with Gasteiger partial charge in [0.25, 0.3) is 11.8 Å². The first-order valence-electron chi connectivity index (χ1n) is 9.31. The molecule has 0 bridgehead atoms. The number of alkyl halides is 1. The van der Waals surface area contributed by atoms with Gasteiger partial charge in [-0.15, -0.1) is 11.6 Å². The third-order valence-corrected chi connectivity index (χ3v) is 4.87. The highest BCUT2D eigenvalue weighted by Crippen LogP contribution is 2.28. The normalized spacial score (nSPS) is 14.1. The van der Waals surface area contributed by atoms with Gasteiger partial charge in [0.05, 0.1) is 18.1 Å². The molecule has 1 aliphatic rings. The van der Waals surface area contributed by atoms with Crippen LogP contribution in [0.3, 0.4) is 0 Å². The number of benzene rings is 2. The number of carbonyl (C=O) groups is 3. The van der Waals surface area contributed by atoms with E-state index in [4.69, 9.17) is 16.9 Å². The summed E-state index contributed by atoms with van der Waals surface area (Å²) in [5.74, 6) is -2.03. The van der Waals surface area contributed by atoms with Crippen LogP contribution in [0.2, 0.25) is 0 Å². The van der Waals surface area contributed by atoms with Gasteiger partial charge < -0.3 is 25.7 Å². The first-order valence-corrected chi connectivity index (χ1v) is 9.84. The Labute approximate surface area is 182 Å². The van der Waals surface area contributed by atoms with Gasteiger partial charge in [-0.25, -0.2) is 0 Å². The van der Waals surface area contributed by atoms with Crippen LogP contribution < -0.4 is 15.5 Å². The minimum absolute atomic E-state index is 0.0154. The van der Waals surface area contributed by atoms with E-state index >= 15 is 0 Å². The highest BCUT2D eigenvalue weighted by Gasteiger charge is 2.34. The van der Waals surface area contributed by atoms with Crippen LogP contribution in [0.25, 0.3) is 0 Å². The lowest BCUT2D eigenvalue weighted by molar-refractivity contribution is -0.141. The molecule has 2 aromatic carbocycles. The maximum absolute atomic E-state index is 12.8. The van der Waals surface area contributed by atoms with Crippen LogP contribution in [0.4, 0.5) is 17.1 Å². The van der Waals surface area contributed by atoms with Gasteiger partial charge in [0, 0.05) is 29.5 Å². The summed E-state index contributed by atoms with van der Waals surface area (Å²) in [4.78, 5) is 37.8. The molecule has 1 aliphatic heterocycles. The number of nitriles is 1. The number of nitrogens with one attached hydrogen (secondary N) is 2. The molecule has 2 atom stereocenters. The van der Waals surface area contributed by atoms with Gasteiger partial charge in [0.15, 0.2) is 12.2 Å². The summed E-state index contributed by atoms with van der Waals surface area (Å²) in [6.45, 7) is 0.0154. The molecule has 0 fully saturated rings. The van der Waals surface area contributed by atoms with Gasteiger partial charge in [-0.1, -0.05) is 0 Å². The average molecular weight is 443 g/mol. The lowest BCUT2D eigenvalue weighted by Gasteiger charge is -2.26. The fraction of sp³-hybridized carbons (Fsp3) is 0.238. The summed E-state index contributed by atoms with van der Waals surface area (Å²) in [5.41, 5.74) is 2.37. The minimum atomic E-state index is -2.05. The van der Waals surface area contributed by atoms with Crippen molar-refractivity contribution in [2.24, 2.45) is 0 Å². The summed E-state index contributed by atoms with van der Waals surface area (Å²) in [6, 6.07) is 12.6. The quantitative estimate of drug-likeness (QED) is 0.471. The number of nitrogens with zero attached hydrogens (tertiary/aromatic N) is 2. The zero-order valence-corrected chi connectivity index (χ0v) is 17.0. The first kappa shape index (κ1) is 22.2. The van der Waals surface area contributed by atoms with Crippen molar-refractivity contribution in [1.82, 2.24) is 0 Å². The lowest BCUT2D eigenvalue weighted by Crippen LogP contribution is -2.50. The standard InChI is InChI=1S/C21H19ClN4O5/c22-7-8-26(15-5-6-16-13(9-15)10-17(27)25-16)21(31)19(29)18(28)20(30)24-14-3-1-12(11-23)2-4-14/h1-6,9,18-19,28-29H,7-8,10H2,(H,24,30)(H,25,27)/t18-,19-/m1/s1. The van der Waals surface area contributed by atoms with Crippen molar-refractivity contribution in [3.8, 4) is 6.07 Å². The molecule has 0 radical (unpaired) electrons. The summed E-state index contributed by atoms with van der Waals surface area (Å²) in [6.07, 6.45) is -3.93. The molecule has 0 spiro atoms. The molecule has 3 amide bonds. The van der Waals surface area contributed by atoms with Crippen LogP contribution in [-0.4, -0.2) is 52.6 Å². The van der Waals surface area contributed by atoms with E-state index in [-0.39, 0.29) is 30.4 Å². The van der Waals surface area contributed by atoms with Crippen LogP contribution in [0.5, 0.6) is 0 Å². The minimum Gasteiger partial charge on any atom is -0.380 e. The van der Waals surface area contributed by atoms with Crippen molar-refractivity contribution in [2.75, 3.05) is 28.0 Å². The van der Waals surface area contributed by atoms with E-state index < -0.39 is 24.0 Å². The molecule has 10 heteroatoms. The van der Waals surface area contributed by atoms with E-state index in [9.17, 15) is 24.6 Å². The number of fused-ring (bicyclic) bond motifs is 1. The average Bonchev–Trinajstić information content (AvgIpc) is 3.15. The number of anilines is 3. The van der Waals surface area contributed by atoms with E-state index in [1.807, 2.05) is 6.07 Å². The Bertz CT molecular complexity index is 1050. The number of aliphatic hydroxyl groups excluding tert-OH is 2. The number of amides is 3. The molecule has 0 aromatic heterocycles. The monoisotopic (exact) mass is 442 g/mol. The Morgan fingerprint density at radius 1 is 1.19 bits per heavy atom. The van der Waals surface area contributed by atoms with E-state index in [1.165, 1.54) is 24.3 Å². The molecule has 0 saturated heterocycles. The smallest absolute Gasteiger partial charge is 0.259 e. The molecule has 2 aromatic rings. The van der Waals surface area contributed by atoms with Crippen molar-refractivity contribution >= 4 is 46.4 Å². The molecular formula is C21H19ClN4O5. The van der Waals surface area contributed by atoms with E-state index in [2.05, 4.69) is 10.6 Å². The molecule has 1 heterocycles. The second-order valence-electron chi connectivity index (χ2n) is 6.81. The zero-order chi connectivity index (χ0) is 22.5. The van der Waals surface area contributed by atoms with Gasteiger partial charge >= 0.3 is 0 Å². The molecule has 0 aliphatic carbocycles. The maximum Gasteiger partial charge on any atom is 0.259 e. The van der Waals surface area contributed by atoms with Crippen LogP contribution >= 0.6 is 11.6 Å². The first-order chi connectivity index (χ1) is 14.8. The largest absolute Gasteiger partial charge is 0.380 e. The molecular weight excluding hydrogens is 424 g/mol. The topological polar surface area (TPSA) is 143 Å². The Balaban J connectivity index is 1.73. The number of hydrogen-bond donors (Lipinski definition) is 4. The molecule has 160 valence electrons. The highest BCUT2D eigenvalue weighted by atomic mass is 35.5. The Morgan fingerprint density at radius 3 is 2.55 bits per heavy atom. The molecule has 4 N–H and O–H groups in total. The molecule has 9 nitrogen and oxygen atoms in total. The number of carbonyl (C=O) groups excluding carboxylic acids is 3. The van der Waals surface area contributed by atoms with E-state index in [1.54, 1.807) is 18.2 Å². The molecule has 31 heavy (non-hydrogen) atoms. The van der Waals surface area contributed by atoms with Crippen molar-refractivity contribution in [3.63, 3.8) is 0 Å². The number of rotatable bonds is 7. The van der Waals surface area contributed by atoms with Crippen molar-refractivity contribution in [3.05, 3.63) is 53.6 Å². The zero-order valence-electron chi connectivity index (χ0n) is 16.2. The lowest BCUT2D eigenvalue weighted by atomic mass is 10.1. The Hall–Kier alpha value is -3.45. The third-order valence-electron chi connectivity index (χ3n) is 4.70. The Kier molecular flexibility index (Phi) is 6.87. The van der Waals surface area contributed by atoms with Crippen LogP contribution in [-0.2, 0) is 20.8 Å². The van der Waals surface area contributed by atoms with Crippen molar-refractivity contribution < 1.29 is 24.6 Å².